The smallest absolute Gasteiger partial charge is 0.235 e. The lowest BCUT2D eigenvalue weighted by Gasteiger charge is -2.41. The average Bonchev–Trinajstić information content (AvgIpc) is 3.31. The summed E-state index contributed by atoms with van der Waals surface area (Å²) in [5, 5.41) is 5.92. The molecule has 1 N–H and O–H groups in total. The number of nitrogens with zero attached hydrogens (tertiary/aromatic N) is 1. The van der Waals surface area contributed by atoms with Crippen molar-refractivity contribution in [3.63, 3.8) is 0 Å². The standard InChI is InChI=1S/C21H18N2O2S/c1-23-13-5-3-2-4-10(13)16-18-17(20(24)22-21(18)25)12-6-7-14-11(8-9-26-14)15(12)19(16)23/h2-5,8-9,12,15,17-18H,6-7H2,1H3,(H,22,24,25). The van der Waals surface area contributed by atoms with Gasteiger partial charge in [-0.15, -0.1) is 11.3 Å². The van der Waals surface area contributed by atoms with Gasteiger partial charge in [0.2, 0.25) is 11.8 Å². The van der Waals surface area contributed by atoms with Gasteiger partial charge in [-0.25, -0.2) is 0 Å². The molecule has 1 aliphatic heterocycles. The van der Waals surface area contributed by atoms with Crippen LogP contribution in [-0.4, -0.2) is 16.4 Å². The minimum absolute atomic E-state index is 0.0766. The van der Waals surface area contributed by atoms with Crippen LogP contribution in [0.3, 0.4) is 0 Å². The SMILES string of the molecule is Cn1c2c(c3ccccc31)C1C(=O)NC(=O)C1C1CCc3sccc3C21. The molecule has 0 saturated carbocycles. The summed E-state index contributed by atoms with van der Waals surface area (Å²) in [5.74, 6) is -0.373. The second-order valence-corrected chi connectivity index (χ2v) is 8.71. The molecule has 4 nitrogen and oxygen atoms in total. The Balaban J connectivity index is 1.74. The number of thiophene rings is 1. The first-order valence-corrected chi connectivity index (χ1v) is 10.0. The number of carbonyl (C=O) groups is 2. The molecule has 5 heteroatoms. The Morgan fingerprint density at radius 3 is 2.85 bits per heavy atom. The summed E-state index contributed by atoms with van der Waals surface area (Å²) < 4.78 is 2.27. The monoisotopic (exact) mass is 362 g/mol. The largest absolute Gasteiger partial charge is 0.347 e. The first-order valence-electron chi connectivity index (χ1n) is 9.15. The van der Waals surface area contributed by atoms with Crippen molar-refractivity contribution < 1.29 is 9.59 Å². The second kappa shape index (κ2) is 4.86. The van der Waals surface area contributed by atoms with Crippen molar-refractivity contribution in [3.05, 3.63) is 57.4 Å². The Kier molecular flexibility index (Phi) is 2.75. The zero-order chi connectivity index (χ0) is 17.6. The molecule has 3 aromatic rings. The number of para-hydroxylation sites is 1. The molecule has 4 atom stereocenters. The minimum atomic E-state index is -0.343. The van der Waals surface area contributed by atoms with Gasteiger partial charge in [0.25, 0.3) is 0 Å². The lowest BCUT2D eigenvalue weighted by molar-refractivity contribution is -0.126. The Morgan fingerprint density at radius 2 is 1.96 bits per heavy atom. The molecule has 3 aliphatic rings. The number of benzene rings is 1. The number of rotatable bonds is 0. The van der Waals surface area contributed by atoms with E-state index in [0.717, 1.165) is 29.3 Å². The highest BCUT2D eigenvalue weighted by Crippen LogP contribution is 2.57. The first-order chi connectivity index (χ1) is 12.7. The molecule has 6 rings (SSSR count). The average molecular weight is 362 g/mol. The molecule has 0 radical (unpaired) electrons. The van der Waals surface area contributed by atoms with E-state index in [1.165, 1.54) is 16.1 Å². The van der Waals surface area contributed by atoms with E-state index in [4.69, 9.17) is 0 Å². The highest BCUT2D eigenvalue weighted by Gasteiger charge is 2.56. The lowest BCUT2D eigenvalue weighted by Crippen LogP contribution is -2.38. The van der Waals surface area contributed by atoms with Crippen LogP contribution < -0.4 is 5.32 Å². The number of hydrogen-bond acceptors (Lipinski definition) is 3. The third-order valence-electron chi connectivity index (χ3n) is 6.70. The van der Waals surface area contributed by atoms with Gasteiger partial charge < -0.3 is 4.57 Å². The summed E-state index contributed by atoms with van der Waals surface area (Å²) in [7, 11) is 2.11. The Hall–Kier alpha value is -2.40. The van der Waals surface area contributed by atoms with Crippen molar-refractivity contribution in [3.8, 4) is 0 Å². The van der Waals surface area contributed by atoms with E-state index in [-0.39, 0.29) is 35.5 Å². The van der Waals surface area contributed by atoms with E-state index in [9.17, 15) is 9.59 Å². The molecule has 2 aliphatic carbocycles. The molecule has 1 saturated heterocycles. The molecule has 2 amide bonds. The highest BCUT2D eigenvalue weighted by atomic mass is 32.1. The van der Waals surface area contributed by atoms with Crippen LogP contribution in [-0.2, 0) is 23.1 Å². The predicted molar refractivity (Wildman–Crippen MR) is 100 cm³/mol. The molecule has 4 unspecified atom stereocenters. The van der Waals surface area contributed by atoms with Gasteiger partial charge in [-0.05, 0) is 47.4 Å². The molecule has 26 heavy (non-hydrogen) atoms. The van der Waals surface area contributed by atoms with Crippen LogP contribution in [0.25, 0.3) is 10.9 Å². The number of nitrogens with one attached hydrogen (secondary N) is 1. The Morgan fingerprint density at radius 1 is 1.12 bits per heavy atom. The van der Waals surface area contributed by atoms with E-state index in [2.05, 4.69) is 40.5 Å². The van der Waals surface area contributed by atoms with Gasteiger partial charge in [0.15, 0.2) is 0 Å². The van der Waals surface area contributed by atoms with Gasteiger partial charge in [-0.3, -0.25) is 14.9 Å². The van der Waals surface area contributed by atoms with Crippen molar-refractivity contribution in [2.45, 2.75) is 24.7 Å². The van der Waals surface area contributed by atoms with Crippen LogP contribution in [0.15, 0.2) is 35.7 Å². The summed E-state index contributed by atoms with van der Waals surface area (Å²) >= 11 is 1.82. The van der Waals surface area contributed by atoms with Gasteiger partial charge >= 0.3 is 0 Å². The van der Waals surface area contributed by atoms with E-state index >= 15 is 0 Å². The number of carbonyl (C=O) groups excluding carboxylic acids is 2. The van der Waals surface area contributed by atoms with E-state index in [0.29, 0.717) is 0 Å². The fraction of sp³-hybridized carbons (Fsp3) is 0.333. The first kappa shape index (κ1) is 14.7. The molecule has 2 aromatic heterocycles. The summed E-state index contributed by atoms with van der Waals surface area (Å²) in [4.78, 5) is 26.9. The molecule has 130 valence electrons. The maximum absolute atomic E-state index is 12.8. The second-order valence-electron chi connectivity index (χ2n) is 7.71. The van der Waals surface area contributed by atoms with Gasteiger partial charge in [-0.2, -0.15) is 0 Å². The molecule has 0 spiro atoms. The molecule has 0 bridgehead atoms. The fourth-order valence-electron chi connectivity index (χ4n) is 5.76. The number of amides is 2. The quantitative estimate of drug-likeness (QED) is 0.624. The molecule has 3 heterocycles. The number of fused-ring (bicyclic) bond motifs is 10. The van der Waals surface area contributed by atoms with Crippen LogP contribution >= 0.6 is 11.3 Å². The zero-order valence-electron chi connectivity index (χ0n) is 14.4. The van der Waals surface area contributed by atoms with E-state index in [1.54, 1.807) is 0 Å². The minimum Gasteiger partial charge on any atom is -0.347 e. The Bertz CT molecular complexity index is 1110. The summed E-state index contributed by atoms with van der Waals surface area (Å²) in [6, 6.07) is 10.5. The van der Waals surface area contributed by atoms with Crippen molar-refractivity contribution in [2.75, 3.05) is 0 Å². The third-order valence-corrected chi connectivity index (χ3v) is 7.69. The zero-order valence-corrected chi connectivity index (χ0v) is 15.2. The molecular formula is C21H18N2O2S. The van der Waals surface area contributed by atoms with E-state index < -0.39 is 0 Å². The van der Waals surface area contributed by atoms with Crippen LogP contribution in [0.5, 0.6) is 0 Å². The number of aromatic nitrogens is 1. The maximum Gasteiger partial charge on any atom is 0.235 e. The van der Waals surface area contributed by atoms with Crippen LogP contribution in [0.1, 0.15) is 40.0 Å². The van der Waals surface area contributed by atoms with E-state index in [1.807, 2.05) is 23.5 Å². The fourth-order valence-corrected chi connectivity index (χ4v) is 6.70. The van der Waals surface area contributed by atoms with Gasteiger partial charge in [0.05, 0.1) is 11.8 Å². The normalized spacial score (nSPS) is 29.1. The number of imide groups is 1. The van der Waals surface area contributed by atoms with Crippen molar-refractivity contribution in [1.82, 2.24) is 9.88 Å². The summed E-state index contributed by atoms with van der Waals surface area (Å²) in [5.41, 5.74) is 4.83. The number of aryl methyl sites for hydroxylation is 2. The molecular weight excluding hydrogens is 344 g/mol. The van der Waals surface area contributed by atoms with Crippen LogP contribution in [0.4, 0.5) is 0 Å². The maximum atomic E-state index is 12.8. The number of hydrogen-bond donors (Lipinski definition) is 1. The van der Waals surface area contributed by atoms with Crippen LogP contribution in [0.2, 0.25) is 0 Å². The predicted octanol–water partition coefficient (Wildman–Crippen LogP) is 3.30. The van der Waals surface area contributed by atoms with Gasteiger partial charge in [-0.1, -0.05) is 18.2 Å². The summed E-state index contributed by atoms with van der Waals surface area (Å²) in [6.07, 6.45) is 1.99. The van der Waals surface area contributed by atoms with Crippen molar-refractivity contribution in [1.29, 1.82) is 0 Å². The van der Waals surface area contributed by atoms with Gasteiger partial charge in [0, 0.05) is 34.4 Å². The van der Waals surface area contributed by atoms with Crippen LogP contribution in [0, 0.1) is 11.8 Å². The Labute approximate surface area is 154 Å². The van der Waals surface area contributed by atoms with Crippen molar-refractivity contribution in [2.24, 2.45) is 18.9 Å². The summed E-state index contributed by atoms with van der Waals surface area (Å²) in [6.45, 7) is 0. The highest BCUT2D eigenvalue weighted by molar-refractivity contribution is 7.10. The molecule has 1 fully saturated rings. The molecule has 1 aromatic carbocycles. The third kappa shape index (κ3) is 1.60. The lowest BCUT2D eigenvalue weighted by atomic mass is 9.61. The topological polar surface area (TPSA) is 51.1 Å². The van der Waals surface area contributed by atoms with Crippen molar-refractivity contribution >= 4 is 34.1 Å². The van der Waals surface area contributed by atoms with Gasteiger partial charge in [0.1, 0.15) is 0 Å².